The number of nitrogens with two attached hydrogens (primary N) is 1. The topological polar surface area (TPSA) is 173 Å². The molecule has 0 bridgehead atoms. The molecular formula is C25H40N7O6P. The van der Waals surface area contributed by atoms with Gasteiger partial charge in [-0.2, -0.15) is 0 Å². The summed E-state index contributed by atoms with van der Waals surface area (Å²) < 4.78 is 33.1. The van der Waals surface area contributed by atoms with Crippen LogP contribution in [0.5, 0.6) is 0 Å². The van der Waals surface area contributed by atoms with Crippen LogP contribution in [0.4, 0.5) is 5.82 Å². The standard InChI is InChI=1S/C25H40N7O6P/c1-16(12-32-14-29-20-21(26)27-13-28-22(20)32)36-15-39(35,30-17(2)23(33)37-18-8-5-6-9-18)31-25(3,4)24(34)38-19-10-7-11-19/h13-14,16-19H,5-12,15H2,1-4H3,(H2,26,27,28)(H2,30,31,35)/t16-,17-,39-/m1/s1. The van der Waals surface area contributed by atoms with Gasteiger partial charge < -0.3 is 24.5 Å². The molecular weight excluding hydrogens is 525 g/mol. The molecule has 39 heavy (non-hydrogen) atoms. The summed E-state index contributed by atoms with van der Waals surface area (Å²) in [5.41, 5.74) is 5.62. The normalized spacial score (nSPS) is 19.8. The van der Waals surface area contributed by atoms with Gasteiger partial charge in [-0.3, -0.25) is 14.2 Å². The van der Waals surface area contributed by atoms with Crippen LogP contribution in [0.1, 0.15) is 72.6 Å². The minimum Gasteiger partial charge on any atom is -0.461 e. The van der Waals surface area contributed by atoms with E-state index in [0.717, 1.165) is 44.9 Å². The lowest BCUT2D eigenvalue weighted by atomic mass is 9.96. The van der Waals surface area contributed by atoms with Gasteiger partial charge >= 0.3 is 11.9 Å². The lowest BCUT2D eigenvalue weighted by Gasteiger charge is -2.35. The Labute approximate surface area is 228 Å². The van der Waals surface area contributed by atoms with Crippen molar-refractivity contribution >= 4 is 36.4 Å². The van der Waals surface area contributed by atoms with E-state index in [2.05, 4.69) is 25.1 Å². The Morgan fingerprint density at radius 2 is 1.77 bits per heavy atom. The number of carbonyl (C=O) groups is 2. The Balaban J connectivity index is 1.43. The minimum atomic E-state index is -3.68. The molecule has 0 spiro atoms. The molecule has 2 aromatic rings. The molecule has 0 aromatic carbocycles. The van der Waals surface area contributed by atoms with E-state index in [1.54, 1.807) is 31.7 Å². The van der Waals surface area contributed by atoms with Gasteiger partial charge in [-0.1, -0.05) is 0 Å². The fourth-order valence-corrected chi connectivity index (χ4v) is 7.01. The smallest absolute Gasteiger partial charge is 0.326 e. The van der Waals surface area contributed by atoms with Crippen molar-refractivity contribution in [3.63, 3.8) is 0 Å². The summed E-state index contributed by atoms with van der Waals surface area (Å²) >= 11 is 0. The van der Waals surface area contributed by atoms with Crippen LogP contribution in [0.15, 0.2) is 12.7 Å². The van der Waals surface area contributed by atoms with Crippen LogP contribution in [0.25, 0.3) is 11.2 Å². The maximum atomic E-state index is 14.2. The number of nitrogens with zero attached hydrogens (tertiary/aromatic N) is 4. The van der Waals surface area contributed by atoms with Gasteiger partial charge in [-0.05, 0) is 72.6 Å². The molecule has 0 aliphatic heterocycles. The molecule has 2 heterocycles. The number of ether oxygens (including phenoxy) is 3. The second-order valence-electron chi connectivity index (χ2n) is 11.1. The van der Waals surface area contributed by atoms with Crippen LogP contribution in [0.2, 0.25) is 0 Å². The van der Waals surface area contributed by atoms with Gasteiger partial charge in [-0.15, -0.1) is 0 Å². The monoisotopic (exact) mass is 565 g/mol. The molecule has 216 valence electrons. The summed E-state index contributed by atoms with van der Waals surface area (Å²) in [6, 6.07) is -0.890. The van der Waals surface area contributed by atoms with E-state index < -0.39 is 37.1 Å². The van der Waals surface area contributed by atoms with Gasteiger partial charge in [0.15, 0.2) is 11.5 Å². The lowest BCUT2D eigenvalue weighted by molar-refractivity contribution is -0.159. The fourth-order valence-electron chi connectivity index (χ4n) is 4.62. The third-order valence-corrected chi connectivity index (χ3v) is 9.30. The van der Waals surface area contributed by atoms with E-state index in [-0.39, 0.29) is 24.4 Å². The molecule has 4 rings (SSSR count). The second-order valence-corrected chi connectivity index (χ2v) is 13.3. The van der Waals surface area contributed by atoms with Gasteiger partial charge in [0, 0.05) is 0 Å². The predicted octanol–water partition coefficient (Wildman–Crippen LogP) is 2.89. The van der Waals surface area contributed by atoms with E-state index in [9.17, 15) is 14.2 Å². The van der Waals surface area contributed by atoms with Gasteiger partial charge in [0.25, 0.3) is 0 Å². The Morgan fingerprint density at radius 3 is 2.44 bits per heavy atom. The molecule has 0 amide bonds. The van der Waals surface area contributed by atoms with Crippen molar-refractivity contribution < 1.29 is 28.4 Å². The summed E-state index contributed by atoms with van der Waals surface area (Å²) in [5, 5.41) is 5.83. The number of nitrogens with one attached hydrogen (secondary N) is 2. The number of hydrogen-bond acceptors (Lipinski definition) is 10. The Morgan fingerprint density at radius 1 is 1.10 bits per heavy atom. The van der Waals surface area contributed by atoms with Crippen molar-refractivity contribution in [3.05, 3.63) is 12.7 Å². The highest BCUT2D eigenvalue weighted by molar-refractivity contribution is 7.59. The van der Waals surface area contributed by atoms with Crippen LogP contribution >= 0.6 is 7.44 Å². The van der Waals surface area contributed by atoms with E-state index in [4.69, 9.17) is 19.9 Å². The number of hydrogen-bond donors (Lipinski definition) is 3. The highest BCUT2D eigenvalue weighted by Gasteiger charge is 2.41. The summed E-state index contributed by atoms with van der Waals surface area (Å²) in [5.74, 6) is -0.723. The number of fused-ring (bicyclic) bond motifs is 1. The van der Waals surface area contributed by atoms with Crippen molar-refractivity contribution in [3.8, 4) is 0 Å². The molecule has 0 unspecified atom stereocenters. The summed E-state index contributed by atoms with van der Waals surface area (Å²) in [6.07, 6.45) is 8.34. The Hall–Kier alpha value is -2.60. The Bertz CT molecular complexity index is 1210. The third kappa shape index (κ3) is 7.53. The molecule has 2 aliphatic rings. The zero-order chi connectivity index (χ0) is 28.2. The number of imidazole rings is 1. The zero-order valence-electron chi connectivity index (χ0n) is 23.1. The number of rotatable bonds is 13. The summed E-state index contributed by atoms with van der Waals surface area (Å²) in [6.45, 7) is 6.97. The van der Waals surface area contributed by atoms with Crippen LogP contribution in [-0.4, -0.2) is 67.7 Å². The van der Waals surface area contributed by atoms with E-state index in [0.29, 0.717) is 17.7 Å². The van der Waals surface area contributed by atoms with Crippen molar-refractivity contribution in [1.29, 1.82) is 0 Å². The number of nitrogen functional groups attached to an aromatic ring is 1. The predicted molar refractivity (Wildman–Crippen MR) is 145 cm³/mol. The molecule has 2 saturated carbocycles. The van der Waals surface area contributed by atoms with Crippen LogP contribution in [0.3, 0.4) is 0 Å². The van der Waals surface area contributed by atoms with E-state index in [1.807, 2.05) is 6.92 Å². The molecule has 13 nitrogen and oxygen atoms in total. The van der Waals surface area contributed by atoms with Crippen molar-refractivity contribution in [1.82, 2.24) is 29.7 Å². The molecule has 0 radical (unpaired) electrons. The number of esters is 2. The van der Waals surface area contributed by atoms with Crippen LogP contribution in [0, 0.1) is 0 Å². The highest BCUT2D eigenvalue weighted by Crippen LogP contribution is 2.41. The lowest BCUT2D eigenvalue weighted by Crippen LogP contribution is -2.51. The number of aromatic nitrogens is 4. The SMILES string of the molecule is C[C@H](Cn1cnc2c(N)ncnc21)OC[P@@](=O)(N[C@H](C)C(=O)OC1CCCC1)NC(C)(C)C(=O)OC1CCC1. The molecule has 2 aromatic heterocycles. The van der Waals surface area contributed by atoms with Crippen LogP contribution in [-0.2, 0) is 34.9 Å². The van der Waals surface area contributed by atoms with Gasteiger partial charge in [0.1, 0.15) is 42.0 Å². The molecule has 14 heteroatoms. The number of carbonyl (C=O) groups excluding carboxylic acids is 2. The van der Waals surface area contributed by atoms with Crippen molar-refractivity contribution in [2.24, 2.45) is 0 Å². The number of anilines is 1. The first-order valence-corrected chi connectivity index (χ1v) is 15.5. The first kappa shape index (κ1) is 29.4. The minimum absolute atomic E-state index is 0.120. The maximum absolute atomic E-state index is 14.2. The van der Waals surface area contributed by atoms with Crippen molar-refractivity contribution in [2.75, 3.05) is 12.1 Å². The first-order valence-electron chi connectivity index (χ1n) is 13.6. The van der Waals surface area contributed by atoms with Gasteiger partial charge in [0.05, 0.1) is 19.0 Å². The fraction of sp³-hybridized carbons (Fsp3) is 0.720. The first-order chi connectivity index (χ1) is 18.5. The molecule has 2 fully saturated rings. The average molecular weight is 566 g/mol. The quantitative estimate of drug-likeness (QED) is 0.240. The Kier molecular flexibility index (Phi) is 9.25. The molecule has 0 saturated heterocycles. The summed E-state index contributed by atoms with van der Waals surface area (Å²) in [4.78, 5) is 38.1. The van der Waals surface area contributed by atoms with Crippen LogP contribution < -0.4 is 15.9 Å². The van der Waals surface area contributed by atoms with E-state index >= 15 is 0 Å². The largest absolute Gasteiger partial charge is 0.461 e. The zero-order valence-corrected chi connectivity index (χ0v) is 24.0. The highest BCUT2D eigenvalue weighted by atomic mass is 31.2. The molecule has 2 aliphatic carbocycles. The van der Waals surface area contributed by atoms with E-state index in [1.165, 1.54) is 6.33 Å². The average Bonchev–Trinajstić information content (AvgIpc) is 3.50. The van der Waals surface area contributed by atoms with Crippen molar-refractivity contribution in [2.45, 2.75) is 109 Å². The second kappa shape index (κ2) is 12.3. The third-order valence-electron chi connectivity index (χ3n) is 7.06. The van der Waals surface area contributed by atoms with Gasteiger partial charge in [-0.25, -0.2) is 25.1 Å². The van der Waals surface area contributed by atoms with Gasteiger partial charge in [0.2, 0.25) is 7.44 Å². The summed E-state index contributed by atoms with van der Waals surface area (Å²) in [7, 11) is -3.68. The molecule has 3 atom stereocenters. The molecule has 4 N–H and O–H groups in total. The maximum Gasteiger partial charge on any atom is 0.326 e.